The zero-order valence-electron chi connectivity index (χ0n) is 12.2. The normalized spacial score (nSPS) is 19.9. The van der Waals surface area contributed by atoms with Crippen LogP contribution < -0.4 is 5.32 Å². The molecular formula is C17H14F2N4. The second-order valence-corrected chi connectivity index (χ2v) is 5.58. The second-order valence-electron chi connectivity index (χ2n) is 5.58. The van der Waals surface area contributed by atoms with E-state index in [1.165, 1.54) is 30.6 Å². The van der Waals surface area contributed by atoms with E-state index in [0.717, 1.165) is 11.1 Å². The van der Waals surface area contributed by atoms with Crippen molar-refractivity contribution in [2.45, 2.75) is 18.5 Å². The van der Waals surface area contributed by atoms with Gasteiger partial charge in [-0.1, -0.05) is 24.3 Å². The van der Waals surface area contributed by atoms with Crippen LogP contribution in [0.5, 0.6) is 0 Å². The Balaban J connectivity index is 1.71. The van der Waals surface area contributed by atoms with E-state index in [4.69, 9.17) is 0 Å². The number of hydrogen-bond donors (Lipinski definition) is 1. The summed E-state index contributed by atoms with van der Waals surface area (Å²) in [5.41, 5.74) is 1.94. The van der Waals surface area contributed by atoms with Gasteiger partial charge in [-0.05, 0) is 41.8 Å². The molecule has 2 aromatic carbocycles. The van der Waals surface area contributed by atoms with E-state index in [1.807, 2.05) is 0 Å². The topological polar surface area (TPSA) is 42.7 Å². The van der Waals surface area contributed by atoms with Crippen molar-refractivity contribution in [3.05, 3.63) is 77.6 Å². The first-order chi connectivity index (χ1) is 11.2. The van der Waals surface area contributed by atoms with Gasteiger partial charge in [0.15, 0.2) is 0 Å². The molecule has 1 aromatic heterocycles. The van der Waals surface area contributed by atoms with Crippen LogP contribution in [0.25, 0.3) is 0 Å². The average Bonchev–Trinajstić information content (AvgIpc) is 3.04. The Kier molecular flexibility index (Phi) is 3.29. The van der Waals surface area contributed by atoms with Crippen LogP contribution in [0.15, 0.2) is 54.9 Å². The maximum Gasteiger partial charge on any atom is 0.222 e. The third kappa shape index (κ3) is 2.56. The van der Waals surface area contributed by atoms with E-state index in [9.17, 15) is 8.78 Å². The SMILES string of the molecule is Fc1ccc([C@H]2C[C@H](c3ccc(F)cc3)Nc3ncnn32)cc1. The van der Waals surface area contributed by atoms with Crippen LogP contribution in [0.2, 0.25) is 0 Å². The summed E-state index contributed by atoms with van der Waals surface area (Å²) in [6, 6.07) is 12.8. The molecule has 4 rings (SSSR count). The molecule has 0 amide bonds. The van der Waals surface area contributed by atoms with Gasteiger partial charge in [0.25, 0.3) is 0 Å². The van der Waals surface area contributed by atoms with E-state index in [1.54, 1.807) is 28.9 Å². The van der Waals surface area contributed by atoms with Crippen molar-refractivity contribution in [3.63, 3.8) is 0 Å². The van der Waals surface area contributed by atoms with Crippen LogP contribution in [0.4, 0.5) is 14.7 Å². The Hall–Kier alpha value is -2.76. The highest BCUT2D eigenvalue weighted by molar-refractivity contribution is 5.38. The van der Waals surface area contributed by atoms with Crippen LogP contribution in [0, 0.1) is 11.6 Å². The second kappa shape index (κ2) is 5.46. The lowest BCUT2D eigenvalue weighted by Crippen LogP contribution is -2.28. The highest BCUT2D eigenvalue weighted by Gasteiger charge is 2.29. The van der Waals surface area contributed by atoms with E-state index < -0.39 is 0 Å². The summed E-state index contributed by atoms with van der Waals surface area (Å²) in [5.74, 6) is 0.124. The van der Waals surface area contributed by atoms with E-state index in [0.29, 0.717) is 12.4 Å². The third-order valence-electron chi connectivity index (χ3n) is 4.16. The lowest BCUT2D eigenvalue weighted by atomic mass is 9.93. The summed E-state index contributed by atoms with van der Waals surface area (Å²) in [5, 5.41) is 7.59. The van der Waals surface area contributed by atoms with Crippen molar-refractivity contribution in [3.8, 4) is 0 Å². The highest BCUT2D eigenvalue weighted by Crippen LogP contribution is 2.37. The summed E-state index contributed by atoms with van der Waals surface area (Å²) >= 11 is 0. The number of nitrogens with one attached hydrogen (secondary N) is 1. The summed E-state index contributed by atoms with van der Waals surface area (Å²) in [4.78, 5) is 4.24. The summed E-state index contributed by atoms with van der Waals surface area (Å²) < 4.78 is 28.1. The number of fused-ring (bicyclic) bond motifs is 1. The fourth-order valence-electron chi connectivity index (χ4n) is 3.00. The molecule has 6 heteroatoms. The number of halogens is 2. The number of benzene rings is 2. The predicted octanol–water partition coefficient (Wildman–Crippen LogP) is 3.70. The predicted molar refractivity (Wildman–Crippen MR) is 81.9 cm³/mol. The molecule has 116 valence electrons. The van der Waals surface area contributed by atoms with Crippen LogP contribution >= 0.6 is 0 Å². The lowest BCUT2D eigenvalue weighted by molar-refractivity contribution is 0.430. The van der Waals surface area contributed by atoms with Gasteiger partial charge in [0.1, 0.15) is 18.0 Å². The van der Waals surface area contributed by atoms with Gasteiger partial charge in [-0.25, -0.2) is 13.5 Å². The molecule has 0 spiro atoms. The largest absolute Gasteiger partial charge is 0.348 e. The molecule has 0 fully saturated rings. The maximum absolute atomic E-state index is 13.2. The summed E-state index contributed by atoms with van der Waals surface area (Å²) in [7, 11) is 0. The van der Waals surface area contributed by atoms with Gasteiger partial charge >= 0.3 is 0 Å². The smallest absolute Gasteiger partial charge is 0.222 e. The monoisotopic (exact) mass is 312 g/mol. The minimum Gasteiger partial charge on any atom is -0.348 e. The van der Waals surface area contributed by atoms with Crippen LogP contribution in [0.3, 0.4) is 0 Å². The van der Waals surface area contributed by atoms with Crippen LogP contribution in [-0.4, -0.2) is 14.8 Å². The standard InChI is InChI=1S/C17H14F2N4/c18-13-5-1-11(2-6-13)15-9-16(12-3-7-14(19)8-4-12)23-17(22-15)20-10-21-23/h1-8,10,15-16H,9H2,(H,20,21,22)/t15-,16-/m1/s1. The van der Waals surface area contributed by atoms with E-state index in [2.05, 4.69) is 15.4 Å². The lowest BCUT2D eigenvalue weighted by Gasteiger charge is -2.31. The zero-order valence-corrected chi connectivity index (χ0v) is 12.2. The Labute approximate surface area is 131 Å². The molecule has 2 atom stereocenters. The molecule has 1 N–H and O–H groups in total. The zero-order chi connectivity index (χ0) is 15.8. The minimum absolute atomic E-state index is 0.0117. The summed E-state index contributed by atoms with van der Waals surface area (Å²) in [6.45, 7) is 0. The Morgan fingerprint density at radius 1 is 0.913 bits per heavy atom. The number of anilines is 1. The van der Waals surface area contributed by atoms with Gasteiger partial charge in [-0.3, -0.25) is 0 Å². The first-order valence-corrected chi connectivity index (χ1v) is 7.38. The van der Waals surface area contributed by atoms with Crippen molar-refractivity contribution < 1.29 is 8.78 Å². The molecule has 0 radical (unpaired) electrons. The van der Waals surface area contributed by atoms with Crippen LogP contribution in [-0.2, 0) is 0 Å². The molecule has 0 aliphatic carbocycles. The van der Waals surface area contributed by atoms with Gasteiger partial charge in [-0.2, -0.15) is 10.1 Å². The van der Waals surface area contributed by atoms with Crippen molar-refractivity contribution >= 4 is 5.95 Å². The van der Waals surface area contributed by atoms with Gasteiger partial charge in [0.2, 0.25) is 5.95 Å². The van der Waals surface area contributed by atoms with Gasteiger partial charge in [0, 0.05) is 0 Å². The minimum atomic E-state index is -0.267. The van der Waals surface area contributed by atoms with Crippen molar-refractivity contribution in [1.82, 2.24) is 14.8 Å². The fourth-order valence-corrected chi connectivity index (χ4v) is 3.00. The van der Waals surface area contributed by atoms with E-state index >= 15 is 0 Å². The van der Waals surface area contributed by atoms with Gasteiger partial charge in [-0.15, -0.1) is 0 Å². The molecule has 2 heterocycles. The molecule has 23 heavy (non-hydrogen) atoms. The Morgan fingerprint density at radius 2 is 1.52 bits per heavy atom. The molecule has 3 aromatic rings. The molecule has 0 unspecified atom stereocenters. The quantitative estimate of drug-likeness (QED) is 0.784. The first kappa shape index (κ1) is 13.9. The summed E-state index contributed by atoms with van der Waals surface area (Å²) in [6.07, 6.45) is 2.21. The third-order valence-corrected chi connectivity index (χ3v) is 4.16. The van der Waals surface area contributed by atoms with Crippen LogP contribution in [0.1, 0.15) is 29.6 Å². The maximum atomic E-state index is 13.2. The van der Waals surface area contributed by atoms with Crippen molar-refractivity contribution in [2.75, 3.05) is 5.32 Å². The first-order valence-electron chi connectivity index (χ1n) is 7.38. The molecule has 1 aliphatic rings. The average molecular weight is 312 g/mol. The van der Waals surface area contributed by atoms with E-state index in [-0.39, 0.29) is 23.7 Å². The Bertz CT molecular complexity index is 811. The molecule has 0 saturated carbocycles. The van der Waals surface area contributed by atoms with Gasteiger partial charge in [0.05, 0.1) is 12.1 Å². The number of rotatable bonds is 2. The number of aromatic nitrogens is 3. The highest BCUT2D eigenvalue weighted by atomic mass is 19.1. The molecule has 0 saturated heterocycles. The van der Waals surface area contributed by atoms with Gasteiger partial charge < -0.3 is 5.32 Å². The number of hydrogen-bond acceptors (Lipinski definition) is 3. The molecular weight excluding hydrogens is 298 g/mol. The number of nitrogens with zero attached hydrogens (tertiary/aromatic N) is 3. The molecule has 0 bridgehead atoms. The molecule has 1 aliphatic heterocycles. The fraction of sp³-hybridized carbons (Fsp3) is 0.176. The van der Waals surface area contributed by atoms with Crippen molar-refractivity contribution in [2.24, 2.45) is 0 Å². The Morgan fingerprint density at radius 3 is 2.17 bits per heavy atom. The molecule has 4 nitrogen and oxygen atoms in total. The van der Waals surface area contributed by atoms with Crippen molar-refractivity contribution in [1.29, 1.82) is 0 Å².